The van der Waals surface area contributed by atoms with Crippen LogP contribution in [0.25, 0.3) is 11.0 Å². The van der Waals surface area contributed by atoms with Gasteiger partial charge in [-0.2, -0.15) is 0 Å². The van der Waals surface area contributed by atoms with Crippen molar-refractivity contribution in [2.24, 2.45) is 11.8 Å². The van der Waals surface area contributed by atoms with E-state index in [0.717, 1.165) is 67.1 Å². The Bertz CT molecular complexity index is 1160. The average molecular weight is 512 g/mol. The number of rotatable bonds is 7. The van der Waals surface area contributed by atoms with Crippen molar-refractivity contribution in [2.75, 3.05) is 18.8 Å². The Balaban J connectivity index is 1.03. The molecule has 5 atom stereocenters. The number of alkyl halides is 1. The van der Waals surface area contributed by atoms with Gasteiger partial charge < -0.3 is 15.6 Å². The zero-order chi connectivity index (χ0) is 22.6. The lowest BCUT2D eigenvalue weighted by Crippen LogP contribution is -2.60. The molecule has 3 aliphatic carbocycles. The van der Waals surface area contributed by atoms with Crippen LogP contribution >= 0.6 is 15.9 Å². The molecule has 2 aromatic heterocycles. The van der Waals surface area contributed by atoms with Crippen molar-refractivity contribution >= 4 is 32.8 Å². The van der Waals surface area contributed by atoms with Gasteiger partial charge in [-0.1, -0.05) is 24.3 Å². The van der Waals surface area contributed by atoms with E-state index in [4.69, 9.17) is 5.73 Å². The van der Waals surface area contributed by atoms with E-state index >= 15 is 0 Å². The highest BCUT2D eigenvalue weighted by Gasteiger charge is 2.60. The summed E-state index contributed by atoms with van der Waals surface area (Å²) < 4.78 is 17.3. The summed E-state index contributed by atoms with van der Waals surface area (Å²) in [4.78, 5) is 8.64. The van der Waals surface area contributed by atoms with E-state index in [9.17, 15) is 4.39 Å². The van der Waals surface area contributed by atoms with E-state index in [1.165, 1.54) is 17.5 Å². The fourth-order valence-corrected chi connectivity index (χ4v) is 7.10. The third kappa shape index (κ3) is 3.77. The first-order chi connectivity index (χ1) is 16.0. The lowest BCUT2D eigenvalue weighted by atomic mass is 9.51. The van der Waals surface area contributed by atoms with E-state index in [1.807, 2.05) is 0 Å². The molecule has 3 aliphatic rings. The second-order valence-corrected chi connectivity index (χ2v) is 11.2. The second-order valence-electron chi connectivity index (χ2n) is 10.3. The van der Waals surface area contributed by atoms with Gasteiger partial charge in [-0.05, 0) is 103 Å². The summed E-state index contributed by atoms with van der Waals surface area (Å²) >= 11 is 3.63. The maximum absolute atomic E-state index is 14.0. The minimum Gasteiger partial charge on any atom is -0.383 e. The minimum absolute atomic E-state index is 0.343. The molecule has 33 heavy (non-hydrogen) atoms. The number of hydrogen-bond donors (Lipinski definition) is 2. The van der Waals surface area contributed by atoms with Crippen LogP contribution in [0.2, 0.25) is 0 Å². The summed E-state index contributed by atoms with van der Waals surface area (Å²) in [6.45, 7) is 1.94. The van der Waals surface area contributed by atoms with Crippen molar-refractivity contribution in [2.45, 2.75) is 62.6 Å². The molecule has 0 radical (unpaired) electrons. The highest BCUT2D eigenvalue weighted by Crippen LogP contribution is 2.59. The van der Waals surface area contributed by atoms with Gasteiger partial charge in [0.05, 0.1) is 5.39 Å². The molecular weight excluding hydrogens is 481 g/mol. The van der Waals surface area contributed by atoms with Crippen molar-refractivity contribution in [1.29, 1.82) is 0 Å². The third-order valence-corrected chi connectivity index (χ3v) is 9.15. The molecule has 2 heterocycles. The molecule has 0 spiro atoms. The smallest absolute Gasteiger partial charge is 0.146 e. The minimum atomic E-state index is -0.784. The molecule has 3 N–H and O–H groups in total. The van der Waals surface area contributed by atoms with Crippen molar-refractivity contribution < 1.29 is 4.39 Å². The van der Waals surface area contributed by atoms with Crippen LogP contribution in [0.15, 0.2) is 41.3 Å². The number of aromatic nitrogens is 3. The largest absolute Gasteiger partial charge is 0.383 e. The number of halogens is 2. The van der Waals surface area contributed by atoms with E-state index < -0.39 is 5.67 Å². The predicted octanol–water partition coefficient (Wildman–Crippen LogP) is 5.56. The maximum Gasteiger partial charge on any atom is 0.146 e. The van der Waals surface area contributed by atoms with Gasteiger partial charge in [0.25, 0.3) is 0 Å². The number of anilines is 1. The Labute approximate surface area is 202 Å². The van der Waals surface area contributed by atoms with Gasteiger partial charge in [-0.3, -0.25) is 0 Å². The first-order valence-electron chi connectivity index (χ1n) is 12.3. The molecule has 1 aromatic carbocycles. The zero-order valence-corrected chi connectivity index (χ0v) is 20.4. The Morgan fingerprint density at radius 2 is 2.03 bits per heavy atom. The quantitative estimate of drug-likeness (QED) is 0.407. The first kappa shape index (κ1) is 21.5. The average Bonchev–Trinajstić information content (AvgIpc) is 3.42. The third-order valence-electron chi connectivity index (χ3n) is 8.54. The van der Waals surface area contributed by atoms with Crippen LogP contribution in [0.4, 0.5) is 10.2 Å². The molecule has 3 aromatic rings. The number of fused-ring (bicyclic) bond motifs is 2. The Morgan fingerprint density at radius 3 is 2.76 bits per heavy atom. The molecular formula is C26H31BrFN5. The summed E-state index contributed by atoms with van der Waals surface area (Å²) in [7, 11) is 0. The van der Waals surface area contributed by atoms with Crippen LogP contribution < -0.4 is 11.1 Å². The van der Waals surface area contributed by atoms with Crippen molar-refractivity contribution in [3.8, 4) is 0 Å². The normalized spacial score (nSPS) is 30.7. The second kappa shape index (κ2) is 8.35. The summed E-state index contributed by atoms with van der Waals surface area (Å²) in [5.74, 6) is 1.99. The molecule has 3 unspecified atom stereocenters. The maximum atomic E-state index is 14.0. The van der Waals surface area contributed by atoms with Crippen molar-refractivity contribution in [3.05, 3.63) is 52.4 Å². The van der Waals surface area contributed by atoms with Gasteiger partial charge >= 0.3 is 0 Å². The lowest BCUT2D eigenvalue weighted by Gasteiger charge is -2.58. The number of nitrogen functional groups attached to an aromatic ring is 1. The first-order valence-corrected chi connectivity index (χ1v) is 13.1. The summed E-state index contributed by atoms with van der Waals surface area (Å²) in [6, 6.07) is 9.60. The molecule has 3 saturated carbocycles. The fourth-order valence-electron chi connectivity index (χ4n) is 6.50. The van der Waals surface area contributed by atoms with Crippen LogP contribution in [0.5, 0.6) is 0 Å². The predicted molar refractivity (Wildman–Crippen MR) is 133 cm³/mol. The van der Waals surface area contributed by atoms with Crippen LogP contribution in [0.1, 0.15) is 61.6 Å². The van der Waals surface area contributed by atoms with Gasteiger partial charge in [0, 0.05) is 16.7 Å². The SMILES string of the molecule is Nc1ncnc2c1c(Br)cn2[C@H]1CC[C@@H](c2ccc(CCNCC3CC4(F)CCC34)cc2)C1. The van der Waals surface area contributed by atoms with Gasteiger partial charge in [0.15, 0.2) is 0 Å². The number of nitrogens with one attached hydrogen (secondary N) is 1. The van der Waals surface area contributed by atoms with E-state index in [0.29, 0.717) is 29.6 Å². The number of nitrogens with two attached hydrogens (primary N) is 1. The van der Waals surface area contributed by atoms with Crippen LogP contribution in [-0.2, 0) is 6.42 Å². The van der Waals surface area contributed by atoms with Crippen molar-refractivity contribution in [3.63, 3.8) is 0 Å². The monoisotopic (exact) mass is 511 g/mol. The number of hydrogen-bond acceptors (Lipinski definition) is 4. The molecule has 5 nitrogen and oxygen atoms in total. The van der Waals surface area contributed by atoms with Crippen LogP contribution in [-0.4, -0.2) is 33.3 Å². The highest BCUT2D eigenvalue weighted by atomic mass is 79.9. The van der Waals surface area contributed by atoms with Gasteiger partial charge in [0.1, 0.15) is 23.5 Å². The van der Waals surface area contributed by atoms with Crippen LogP contribution in [0.3, 0.4) is 0 Å². The van der Waals surface area contributed by atoms with E-state index in [1.54, 1.807) is 6.33 Å². The Morgan fingerprint density at radius 1 is 1.18 bits per heavy atom. The number of benzene rings is 1. The van der Waals surface area contributed by atoms with Crippen LogP contribution in [0, 0.1) is 11.8 Å². The van der Waals surface area contributed by atoms with Gasteiger partial charge in [0.2, 0.25) is 0 Å². The molecule has 174 valence electrons. The fraction of sp³-hybridized carbons (Fsp3) is 0.538. The highest BCUT2D eigenvalue weighted by molar-refractivity contribution is 9.10. The van der Waals surface area contributed by atoms with Crippen molar-refractivity contribution in [1.82, 2.24) is 19.9 Å². The molecule has 0 aliphatic heterocycles. The summed E-state index contributed by atoms with van der Waals surface area (Å²) in [6.07, 6.45) is 10.8. The Hall–Kier alpha value is -1.99. The topological polar surface area (TPSA) is 68.8 Å². The molecule has 0 bridgehead atoms. The molecule has 3 fully saturated rings. The molecule has 0 saturated heterocycles. The molecule has 0 amide bonds. The lowest BCUT2D eigenvalue weighted by molar-refractivity contribution is -0.150. The summed E-state index contributed by atoms with van der Waals surface area (Å²) in [5, 5.41) is 4.47. The standard InChI is InChI=1S/C26H31BrFN5/c27-22-14-33(25-23(22)24(29)31-15-32-25)20-6-5-18(11-20)17-3-1-16(2-4-17)8-10-30-13-19-12-26(28)9-7-21(19)26/h1-4,14-15,18-21,30H,5-13H2,(H2,29,31,32)/t18-,19?,20+,21?,26?/m1/s1. The molecule has 6 rings (SSSR count). The van der Waals surface area contributed by atoms with Gasteiger partial charge in [-0.15, -0.1) is 0 Å². The zero-order valence-electron chi connectivity index (χ0n) is 18.8. The number of nitrogens with zero attached hydrogens (tertiary/aromatic N) is 3. The van der Waals surface area contributed by atoms with E-state index in [2.05, 4.69) is 66.2 Å². The van der Waals surface area contributed by atoms with Gasteiger partial charge in [-0.25, -0.2) is 14.4 Å². The van der Waals surface area contributed by atoms with E-state index in [-0.39, 0.29) is 0 Å². The summed E-state index contributed by atoms with van der Waals surface area (Å²) in [5.41, 5.74) is 9.00. The molecule has 7 heteroatoms. The Kier molecular flexibility index (Phi) is 5.45.